The Morgan fingerprint density at radius 1 is 1.08 bits per heavy atom. The molecule has 0 aliphatic carbocycles. The fourth-order valence-corrected chi connectivity index (χ4v) is 2.90. The van der Waals surface area contributed by atoms with E-state index in [4.69, 9.17) is 9.47 Å². The molecule has 1 saturated heterocycles. The van der Waals surface area contributed by atoms with Gasteiger partial charge in [-0.2, -0.15) is 13.2 Å². The molecule has 1 aliphatic rings. The number of likely N-dealkylation sites (N-methyl/N-ethyl adjacent to an activating group) is 1. The van der Waals surface area contributed by atoms with E-state index in [1.54, 1.807) is 6.07 Å². The summed E-state index contributed by atoms with van der Waals surface area (Å²) in [6.07, 6.45) is -4.42. The second kappa shape index (κ2) is 9.43. The summed E-state index contributed by atoms with van der Waals surface area (Å²) in [4.78, 5) is 6.20. The second-order valence-corrected chi connectivity index (χ2v) is 6.65. The first kappa shape index (κ1) is 20.8. The van der Waals surface area contributed by atoms with Crippen LogP contribution in [0.1, 0.15) is 5.56 Å². The van der Waals surface area contributed by atoms with Crippen LogP contribution in [-0.4, -0.2) is 83.5 Å². The number of ether oxygens (including phenoxy) is 2. The summed E-state index contributed by atoms with van der Waals surface area (Å²) >= 11 is 0. The van der Waals surface area contributed by atoms with Gasteiger partial charge in [0.25, 0.3) is 0 Å². The van der Waals surface area contributed by atoms with Crippen LogP contribution in [0.4, 0.5) is 18.9 Å². The molecule has 1 aromatic carbocycles. The highest BCUT2D eigenvalue weighted by molar-refractivity contribution is 5.58. The molecule has 0 spiro atoms. The molecule has 5 nitrogen and oxygen atoms in total. The van der Waals surface area contributed by atoms with E-state index in [-0.39, 0.29) is 18.0 Å². The third kappa shape index (κ3) is 6.03. The predicted octanol–water partition coefficient (Wildman–Crippen LogP) is 2.41. The summed E-state index contributed by atoms with van der Waals surface area (Å²) in [6, 6.07) is 4.20. The minimum atomic E-state index is -4.42. The number of halogens is 3. The maximum Gasteiger partial charge on any atom is 0.418 e. The number of hydrogen-bond acceptors (Lipinski definition) is 5. The Morgan fingerprint density at radius 2 is 1.77 bits per heavy atom. The topological polar surface area (TPSA) is 28.2 Å². The normalized spacial score (nSPS) is 16.3. The molecule has 0 amide bonds. The summed E-state index contributed by atoms with van der Waals surface area (Å²) < 4.78 is 50.8. The molecule has 2 rings (SSSR count). The molecular formula is C18H28F3N3O2. The van der Waals surface area contributed by atoms with Gasteiger partial charge in [-0.05, 0) is 32.3 Å². The van der Waals surface area contributed by atoms with Crippen molar-refractivity contribution in [1.82, 2.24) is 9.80 Å². The quantitative estimate of drug-likeness (QED) is 0.651. The number of anilines is 1. The lowest BCUT2D eigenvalue weighted by Crippen LogP contribution is -2.48. The molecule has 1 fully saturated rings. The Bertz CT molecular complexity index is 559. The van der Waals surface area contributed by atoms with Crippen molar-refractivity contribution in [2.45, 2.75) is 6.18 Å². The van der Waals surface area contributed by atoms with Gasteiger partial charge >= 0.3 is 6.18 Å². The summed E-state index contributed by atoms with van der Waals surface area (Å²) in [5, 5.41) is 0. The van der Waals surface area contributed by atoms with Crippen molar-refractivity contribution in [1.29, 1.82) is 0 Å². The summed E-state index contributed by atoms with van der Waals surface area (Å²) in [7, 11) is 5.55. The average molecular weight is 375 g/mol. The minimum Gasteiger partial charge on any atom is -0.491 e. The molecule has 26 heavy (non-hydrogen) atoms. The molecule has 1 aliphatic heterocycles. The van der Waals surface area contributed by atoms with Gasteiger partial charge in [-0.25, -0.2) is 0 Å². The van der Waals surface area contributed by atoms with Crippen molar-refractivity contribution in [3.8, 4) is 5.75 Å². The van der Waals surface area contributed by atoms with Crippen LogP contribution in [0.3, 0.4) is 0 Å². The number of rotatable bonds is 8. The predicted molar refractivity (Wildman–Crippen MR) is 96.0 cm³/mol. The minimum absolute atomic E-state index is 0.211. The van der Waals surface area contributed by atoms with Crippen molar-refractivity contribution in [2.24, 2.45) is 0 Å². The lowest BCUT2D eigenvalue weighted by molar-refractivity contribution is -0.137. The zero-order chi connectivity index (χ0) is 19.2. The standard InChI is InChI=1S/C18H28F3N3O2/c1-22(2)6-7-23-8-10-24(11-9-23)17-5-4-15(26-13-12-25-3)14-16(17)18(19,20)21/h4-5,14H,6-13H2,1-3H3. The fourth-order valence-electron chi connectivity index (χ4n) is 2.90. The Labute approximate surface area is 153 Å². The number of alkyl halides is 3. The lowest BCUT2D eigenvalue weighted by atomic mass is 10.1. The van der Waals surface area contributed by atoms with E-state index >= 15 is 0 Å². The third-order valence-electron chi connectivity index (χ3n) is 4.41. The van der Waals surface area contributed by atoms with E-state index in [9.17, 15) is 13.2 Å². The van der Waals surface area contributed by atoms with Crippen LogP contribution in [-0.2, 0) is 10.9 Å². The summed E-state index contributed by atoms with van der Waals surface area (Å²) in [5.41, 5.74) is -0.419. The van der Waals surface area contributed by atoms with E-state index in [1.165, 1.54) is 13.2 Å². The van der Waals surface area contributed by atoms with Gasteiger partial charge in [0.2, 0.25) is 0 Å². The fraction of sp³-hybridized carbons (Fsp3) is 0.667. The van der Waals surface area contributed by atoms with Crippen LogP contribution >= 0.6 is 0 Å². The van der Waals surface area contributed by atoms with E-state index < -0.39 is 11.7 Å². The highest BCUT2D eigenvalue weighted by atomic mass is 19.4. The lowest BCUT2D eigenvalue weighted by Gasteiger charge is -2.37. The highest BCUT2D eigenvalue weighted by Gasteiger charge is 2.36. The Kier molecular flexibility index (Phi) is 7.55. The van der Waals surface area contributed by atoms with Crippen molar-refractivity contribution in [2.75, 3.05) is 78.6 Å². The van der Waals surface area contributed by atoms with Crippen molar-refractivity contribution in [3.63, 3.8) is 0 Å². The van der Waals surface area contributed by atoms with E-state index in [2.05, 4.69) is 9.80 Å². The van der Waals surface area contributed by atoms with Gasteiger partial charge in [0, 0.05) is 52.1 Å². The molecule has 0 saturated carbocycles. The van der Waals surface area contributed by atoms with Crippen LogP contribution in [0, 0.1) is 0 Å². The molecule has 1 heterocycles. The van der Waals surface area contributed by atoms with Crippen molar-refractivity contribution < 1.29 is 22.6 Å². The maximum absolute atomic E-state index is 13.5. The largest absolute Gasteiger partial charge is 0.491 e. The van der Waals surface area contributed by atoms with Crippen LogP contribution in [0.15, 0.2) is 18.2 Å². The number of nitrogens with zero attached hydrogens (tertiary/aromatic N) is 3. The van der Waals surface area contributed by atoms with E-state index in [1.807, 2.05) is 19.0 Å². The number of piperazine rings is 1. The first-order valence-corrected chi connectivity index (χ1v) is 8.76. The van der Waals surface area contributed by atoms with Crippen LogP contribution in [0.2, 0.25) is 0 Å². The van der Waals surface area contributed by atoms with Gasteiger partial charge < -0.3 is 19.3 Å². The molecule has 148 valence electrons. The molecule has 0 unspecified atom stereocenters. The van der Waals surface area contributed by atoms with Gasteiger partial charge in [-0.3, -0.25) is 4.90 Å². The molecule has 0 aromatic heterocycles. The van der Waals surface area contributed by atoms with E-state index in [0.717, 1.165) is 32.2 Å². The Balaban J connectivity index is 2.06. The van der Waals surface area contributed by atoms with Gasteiger partial charge in [-0.15, -0.1) is 0 Å². The Morgan fingerprint density at radius 3 is 2.35 bits per heavy atom. The SMILES string of the molecule is COCCOc1ccc(N2CCN(CCN(C)C)CC2)c(C(F)(F)F)c1. The third-order valence-corrected chi connectivity index (χ3v) is 4.41. The molecule has 8 heteroatoms. The first-order valence-electron chi connectivity index (χ1n) is 8.76. The molecule has 0 radical (unpaired) electrons. The molecule has 1 aromatic rings. The molecule has 0 bridgehead atoms. The van der Waals surface area contributed by atoms with Crippen LogP contribution < -0.4 is 9.64 Å². The van der Waals surface area contributed by atoms with E-state index in [0.29, 0.717) is 19.7 Å². The molecule has 0 atom stereocenters. The summed E-state index contributed by atoms with van der Waals surface area (Å²) in [6.45, 7) is 5.12. The molecular weight excluding hydrogens is 347 g/mol. The zero-order valence-electron chi connectivity index (χ0n) is 15.7. The van der Waals surface area contributed by atoms with Gasteiger partial charge in [0.05, 0.1) is 12.2 Å². The van der Waals surface area contributed by atoms with Crippen LogP contribution in [0.25, 0.3) is 0 Å². The average Bonchev–Trinajstić information content (AvgIpc) is 2.60. The smallest absolute Gasteiger partial charge is 0.418 e. The maximum atomic E-state index is 13.5. The zero-order valence-corrected chi connectivity index (χ0v) is 15.7. The number of methoxy groups -OCH3 is 1. The first-order chi connectivity index (χ1) is 12.3. The van der Waals surface area contributed by atoms with Gasteiger partial charge in [0.15, 0.2) is 0 Å². The van der Waals surface area contributed by atoms with Gasteiger partial charge in [0.1, 0.15) is 12.4 Å². The van der Waals surface area contributed by atoms with Gasteiger partial charge in [-0.1, -0.05) is 0 Å². The number of benzene rings is 1. The van der Waals surface area contributed by atoms with Crippen molar-refractivity contribution >= 4 is 5.69 Å². The second-order valence-electron chi connectivity index (χ2n) is 6.65. The summed E-state index contributed by atoms with van der Waals surface area (Å²) in [5.74, 6) is 0.211. The highest BCUT2D eigenvalue weighted by Crippen LogP contribution is 2.39. The Hall–Kier alpha value is -1.51. The monoisotopic (exact) mass is 375 g/mol. The number of hydrogen-bond donors (Lipinski definition) is 0. The molecule has 0 N–H and O–H groups in total. The van der Waals surface area contributed by atoms with Crippen LogP contribution in [0.5, 0.6) is 5.75 Å². The van der Waals surface area contributed by atoms with Crippen molar-refractivity contribution in [3.05, 3.63) is 23.8 Å².